The molecule has 3 aromatic rings. The maximum Gasteiger partial charge on any atom is 1.00 e. The van der Waals surface area contributed by atoms with Crippen molar-refractivity contribution < 1.29 is 1.43 Å². The largest absolute Gasteiger partial charge is 1.00 e. The summed E-state index contributed by atoms with van der Waals surface area (Å²) in [5.41, 5.74) is 0.911. The van der Waals surface area contributed by atoms with Gasteiger partial charge in [0, 0.05) is 24.8 Å². The Labute approximate surface area is 85.5 Å². The van der Waals surface area contributed by atoms with Crippen LogP contribution in [0.25, 0.3) is 16.4 Å². The summed E-state index contributed by atoms with van der Waals surface area (Å²) in [5.74, 6) is 0. The Bertz CT molecular complexity index is 710. The van der Waals surface area contributed by atoms with Gasteiger partial charge in [0.25, 0.3) is 5.56 Å². The normalized spacial score (nSPS) is 10.9. The maximum absolute atomic E-state index is 11.7. The molecule has 0 amide bonds. The highest BCUT2D eigenvalue weighted by molar-refractivity contribution is 5.92. The molecule has 0 bridgehead atoms. The lowest BCUT2D eigenvalue weighted by Gasteiger charge is -1.82. The van der Waals surface area contributed by atoms with E-state index in [9.17, 15) is 4.79 Å². The van der Waals surface area contributed by atoms with Crippen LogP contribution in [0.4, 0.5) is 0 Å². The molecule has 0 saturated heterocycles. The number of aromatic nitrogens is 4. The van der Waals surface area contributed by atoms with Gasteiger partial charge in [0.15, 0.2) is 0 Å². The molecule has 0 aliphatic carbocycles. The zero-order valence-electron chi connectivity index (χ0n) is 8.66. The molecule has 0 aromatic carbocycles. The second-order valence-electron chi connectivity index (χ2n) is 3.11. The first kappa shape index (κ1) is 8.05. The Kier molecular flexibility index (Phi) is 1.53. The van der Waals surface area contributed by atoms with E-state index in [4.69, 9.17) is 0 Å². The first-order valence-corrected chi connectivity index (χ1v) is 4.44. The van der Waals surface area contributed by atoms with Gasteiger partial charge < -0.3 is 0 Å². The van der Waals surface area contributed by atoms with E-state index in [1.54, 1.807) is 30.7 Å². The fraction of sp³-hybridized carbons (Fsp3) is 0. The van der Waals surface area contributed by atoms with E-state index in [1.165, 1.54) is 10.7 Å². The van der Waals surface area contributed by atoms with Crippen molar-refractivity contribution in [3.63, 3.8) is 0 Å². The summed E-state index contributed by atoms with van der Waals surface area (Å²) < 4.78 is 1.53. The van der Waals surface area contributed by atoms with E-state index >= 15 is 0 Å². The van der Waals surface area contributed by atoms with Gasteiger partial charge >= 0.3 is 1.43 Å². The Morgan fingerprint density at radius 3 is 3.20 bits per heavy atom. The van der Waals surface area contributed by atoms with Gasteiger partial charge in [0.05, 0.1) is 10.9 Å². The molecule has 0 aliphatic heterocycles. The van der Waals surface area contributed by atoms with Crippen molar-refractivity contribution in [3.8, 4) is 0 Å². The molecule has 0 radical (unpaired) electrons. The van der Waals surface area contributed by atoms with Crippen molar-refractivity contribution in [2.45, 2.75) is 0 Å². The molecule has 0 N–H and O–H groups in total. The lowest BCUT2D eigenvalue weighted by molar-refractivity contribution is 0.983. The summed E-state index contributed by atoms with van der Waals surface area (Å²) in [5, 5.41) is 4.98. The predicted octanol–water partition coefficient (Wildman–Crippen LogP) is 0.750. The summed E-state index contributed by atoms with van der Waals surface area (Å²) >= 11 is 0. The average Bonchev–Trinajstić information content (AvgIpc) is 2.53. The molecule has 15 heavy (non-hydrogen) atoms. The van der Waals surface area contributed by atoms with Gasteiger partial charge in [-0.1, -0.05) is 0 Å². The van der Waals surface area contributed by atoms with E-state index in [0.717, 1.165) is 10.9 Å². The smallest absolute Gasteiger partial charge is 0.265 e. The Morgan fingerprint density at radius 2 is 2.27 bits per heavy atom. The Morgan fingerprint density at radius 1 is 1.33 bits per heavy atom. The van der Waals surface area contributed by atoms with Crippen molar-refractivity contribution in [1.29, 1.82) is 0 Å². The van der Waals surface area contributed by atoms with Crippen LogP contribution in [0.3, 0.4) is 0 Å². The molecule has 0 unspecified atom stereocenters. The number of fused-ring (bicyclic) bond motifs is 3. The van der Waals surface area contributed by atoms with Crippen molar-refractivity contribution in [2.24, 2.45) is 0 Å². The highest BCUT2D eigenvalue weighted by atomic mass is 16.1. The molecule has 0 spiro atoms. The lowest BCUT2D eigenvalue weighted by Crippen LogP contribution is -2.03. The molecule has 0 fully saturated rings. The minimum absolute atomic E-state index is 0. The van der Waals surface area contributed by atoms with E-state index in [0.29, 0.717) is 5.52 Å². The summed E-state index contributed by atoms with van der Waals surface area (Å²) in [4.78, 5) is 19.4. The van der Waals surface area contributed by atoms with Gasteiger partial charge in [-0.25, -0.2) is 9.50 Å². The minimum Gasteiger partial charge on any atom is -0.265 e. The quantitative estimate of drug-likeness (QED) is 0.536. The lowest BCUT2D eigenvalue weighted by atomic mass is 10.3. The minimum atomic E-state index is -0.296. The standard InChI is InChI=1S/C10H6N4O/c15-10-9-7-6-11-4-2-8(7)13-14(9)5-1-3-12-10/h1-6H/p+1. The van der Waals surface area contributed by atoms with Crippen LogP contribution in [0.5, 0.6) is 0 Å². The van der Waals surface area contributed by atoms with Crippen molar-refractivity contribution in [2.75, 3.05) is 0 Å². The molecule has 3 aromatic heterocycles. The van der Waals surface area contributed by atoms with Gasteiger partial charge in [0.2, 0.25) is 0 Å². The highest BCUT2D eigenvalue weighted by Gasteiger charge is 2.06. The van der Waals surface area contributed by atoms with E-state index in [2.05, 4.69) is 15.1 Å². The summed E-state index contributed by atoms with van der Waals surface area (Å²) in [7, 11) is 0. The molecule has 72 valence electrons. The number of rotatable bonds is 0. The first-order valence-electron chi connectivity index (χ1n) is 4.44. The second kappa shape index (κ2) is 2.84. The molecule has 0 saturated carbocycles. The van der Waals surface area contributed by atoms with Crippen LogP contribution in [0.15, 0.2) is 41.7 Å². The molecule has 0 aliphatic rings. The predicted molar refractivity (Wildman–Crippen MR) is 55.7 cm³/mol. The zero-order chi connectivity index (χ0) is 10.3. The van der Waals surface area contributed by atoms with Crippen molar-refractivity contribution in [1.82, 2.24) is 19.6 Å². The van der Waals surface area contributed by atoms with Crippen LogP contribution < -0.4 is 5.56 Å². The van der Waals surface area contributed by atoms with Gasteiger partial charge in [-0.05, 0) is 12.1 Å². The number of hydrogen-bond donors (Lipinski definition) is 0. The third-order valence-electron chi connectivity index (χ3n) is 2.21. The highest BCUT2D eigenvalue weighted by Crippen LogP contribution is 2.13. The number of pyridine rings is 1. The van der Waals surface area contributed by atoms with Crippen LogP contribution in [0.2, 0.25) is 0 Å². The molecule has 3 rings (SSSR count). The van der Waals surface area contributed by atoms with Crippen LogP contribution in [0, 0.1) is 0 Å². The average molecular weight is 199 g/mol. The summed E-state index contributed by atoms with van der Waals surface area (Å²) in [6, 6.07) is 3.44. The molecular formula is C10H7N4O+. The molecule has 3 heterocycles. The molecule has 5 nitrogen and oxygen atoms in total. The fourth-order valence-electron chi connectivity index (χ4n) is 1.56. The monoisotopic (exact) mass is 199 g/mol. The molecule has 0 atom stereocenters. The van der Waals surface area contributed by atoms with Gasteiger partial charge in [-0.15, -0.1) is 0 Å². The van der Waals surface area contributed by atoms with Crippen LogP contribution in [-0.4, -0.2) is 19.6 Å². The van der Waals surface area contributed by atoms with E-state index in [1.807, 2.05) is 0 Å². The van der Waals surface area contributed by atoms with E-state index in [-0.39, 0.29) is 6.99 Å². The van der Waals surface area contributed by atoms with Crippen molar-refractivity contribution >= 4 is 16.4 Å². The van der Waals surface area contributed by atoms with Crippen LogP contribution >= 0.6 is 0 Å². The third kappa shape index (κ3) is 1.10. The third-order valence-corrected chi connectivity index (χ3v) is 2.21. The molecule has 5 heteroatoms. The second-order valence-corrected chi connectivity index (χ2v) is 3.11. The number of nitrogens with zero attached hydrogens (tertiary/aromatic N) is 4. The zero-order valence-corrected chi connectivity index (χ0v) is 7.66. The van der Waals surface area contributed by atoms with Gasteiger partial charge in [0.1, 0.15) is 5.52 Å². The Balaban J connectivity index is 0.000000963. The van der Waals surface area contributed by atoms with Gasteiger partial charge in [-0.3, -0.25) is 9.78 Å². The Hall–Kier alpha value is -2.30. The first-order chi connectivity index (χ1) is 7.36. The maximum atomic E-state index is 11.7. The van der Waals surface area contributed by atoms with Crippen LogP contribution in [0.1, 0.15) is 1.43 Å². The molecular weight excluding hydrogens is 192 g/mol. The fourth-order valence-corrected chi connectivity index (χ4v) is 1.56. The van der Waals surface area contributed by atoms with Gasteiger partial charge in [-0.2, -0.15) is 5.10 Å². The topological polar surface area (TPSA) is 60.2 Å². The summed E-state index contributed by atoms with van der Waals surface area (Å²) in [6.07, 6.45) is 6.43. The van der Waals surface area contributed by atoms with Crippen LogP contribution in [-0.2, 0) is 0 Å². The number of hydrogen-bond acceptors (Lipinski definition) is 4. The SMILES string of the molecule is O=c1ncccn2nc3ccncc3c12.[H+]. The summed E-state index contributed by atoms with van der Waals surface area (Å²) in [6.45, 7) is 0. The van der Waals surface area contributed by atoms with E-state index < -0.39 is 0 Å². The van der Waals surface area contributed by atoms with Crippen molar-refractivity contribution in [3.05, 3.63) is 47.3 Å².